The van der Waals surface area contributed by atoms with Crippen LogP contribution in [0.15, 0.2) is 30.6 Å². The third kappa shape index (κ3) is 4.30. The number of hydrogen-bond donors (Lipinski definition) is 3. The van der Waals surface area contributed by atoms with Crippen molar-refractivity contribution in [2.24, 2.45) is 0 Å². The highest BCUT2D eigenvalue weighted by molar-refractivity contribution is 6.30. The molecule has 3 N–H and O–H groups in total. The first kappa shape index (κ1) is 18.6. The van der Waals surface area contributed by atoms with Crippen molar-refractivity contribution in [3.05, 3.63) is 41.4 Å². The molecule has 0 saturated carbocycles. The number of halogens is 1. The first-order valence-electron chi connectivity index (χ1n) is 8.59. The first-order chi connectivity index (χ1) is 12.4. The maximum atomic E-state index is 9.42. The first-order valence-corrected chi connectivity index (χ1v) is 8.96. The van der Waals surface area contributed by atoms with Gasteiger partial charge >= 0.3 is 0 Å². The molecular formula is C18H23ClN6O. The van der Waals surface area contributed by atoms with Crippen LogP contribution < -0.4 is 10.6 Å². The summed E-state index contributed by atoms with van der Waals surface area (Å²) < 4.78 is 2.01. The molecule has 1 aromatic carbocycles. The largest absolute Gasteiger partial charge is 0.392 e. The van der Waals surface area contributed by atoms with Gasteiger partial charge in [0.05, 0.1) is 19.0 Å². The van der Waals surface area contributed by atoms with Crippen molar-refractivity contribution in [1.29, 1.82) is 0 Å². The third-order valence-electron chi connectivity index (χ3n) is 3.83. The molecule has 26 heavy (non-hydrogen) atoms. The van der Waals surface area contributed by atoms with E-state index in [4.69, 9.17) is 11.6 Å². The fraction of sp³-hybridized carbons (Fsp3) is 0.389. The SMILES string of the molecule is CC(O)CNCc1nc(Nc2cccc(Cl)c2)c2ncn(C(C)C)c2n1. The molecule has 0 radical (unpaired) electrons. The summed E-state index contributed by atoms with van der Waals surface area (Å²) in [7, 11) is 0. The summed E-state index contributed by atoms with van der Waals surface area (Å²) in [5.74, 6) is 1.26. The van der Waals surface area contributed by atoms with Gasteiger partial charge < -0.3 is 20.3 Å². The molecule has 0 amide bonds. The molecule has 0 aliphatic heterocycles. The molecule has 3 aromatic rings. The fourth-order valence-electron chi connectivity index (χ4n) is 2.60. The van der Waals surface area contributed by atoms with E-state index in [0.29, 0.717) is 35.3 Å². The second-order valence-corrected chi connectivity index (χ2v) is 6.96. The Hall–Kier alpha value is -2.22. The summed E-state index contributed by atoms with van der Waals surface area (Å²) in [6.07, 6.45) is 1.35. The quantitative estimate of drug-likeness (QED) is 0.588. The molecule has 0 fully saturated rings. The number of hydrogen-bond acceptors (Lipinski definition) is 6. The Balaban J connectivity index is 1.98. The Morgan fingerprint density at radius 3 is 2.73 bits per heavy atom. The molecular weight excluding hydrogens is 352 g/mol. The number of aromatic nitrogens is 4. The van der Waals surface area contributed by atoms with E-state index in [2.05, 4.69) is 39.4 Å². The Labute approximate surface area is 157 Å². The van der Waals surface area contributed by atoms with Gasteiger partial charge in [0.2, 0.25) is 0 Å². The smallest absolute Gasteiger partial charge is 0.166 e. The molecule has 0 bridgehead atoms. The van der Waals surface area contributed by atoms with E-state index in [9.17, 15) is 5.11 Å². The van der Waals surface area contributed by atoms with Crippen LogP contribution in [0, 0.1) is 0 Å². The third-order valence-corrected chi connectivity index (χ3v) is 4.07. The molecule has 138 valence electrons. The minimum Gasteiger partial charge on any atom is -0.392 e. The minimum absolute atomic E-state index is 0.229. The van der Waals surface area contributed by atoms with Crippen LogP contribution in [-0.2, 0) is 6.54 Å². The van der Waals surface area contributed by atoms with Gasteiger partial charge in [-0.25, -0.2) is 15.0 Å². The Morgan fingerprint density at radius 1 is 1.23 bits per heavy atom. The van der Waals surface area contributed by atoms with E-state index in [-0.39, 0.29) is 6.04 Å². The molecule has 0 saturated heterocycles. The minimum atomic E-state index is -0.427. The van der Waals surface area contributed by atoms with Crippen LogP contribution in [0.4, 0.5) is 11.5 Å². The predicted octanol–water partition coefficient (Wildman–Crippen LogP) is 3.27. The van der Waals surface area contributed by atoms with Crippen LogP contribution in [0.1, 0.15) is 32.6 Å². The number of imidazole rings is 1. The van der Waals surface area contributed by atoms with Gasteiger partial charge in [-0.1, -0.05) is 17.7 Å². The Kier molecular flexibility index (Phi) is 5.70. The molecule has 8 heteroatoms. The molecule has 1 atom stereocenters. The summed E-state index contributed by atoms with van der Waals surface area (Å²) in [5.41, 5.74) is 2.31. The number of nitrogens with zero attached hydrogens (tertiary/aromatic N) is 4. The van der Waals surface area contributed by atoms with Crippen LogP contribution in [-0.4, -0.2) is 37.3 Å². The van der Waals surface area contributed by atoms with Crippen molar-refractivity contribution in [3.8, 4) is 0 Å². The van der Waals surface area contributed by atoms with E-state index in [1.165, 1.54) is 0 Å². The predicted molar refractivity (Wildman–Crippen MR) is 104 cm³/mol. The van der Waals surface area contributed by atoms with Gasteiger partial charge in [0.25, 0.3) is 0 Å². The fourth-order valence-corrected chi connectivity index (χ4v) is 2.79. The van der Waals surface area contributed by atoms with Crippen molar-refractivity contribution in [2.75, 3.05) is 11.9 Å². The second-order valence-electron chi connectivity index (χ2n) is 6.52. The van der Waals surface area contributed by atoms with Crippen LogP contribution in [0.5, 0.6) is 0 Å². The zero-order chi connectivity index (χ0) is 18.7. The molecule has 0 aliphatic carbocycles. The normalized spacial score (nSPS) is 12.7. The molecule has 3 rings (SSSR count). The number of aliphatic hydroxyl groups excluding tert-OH is 1. The number of aliphatic hydroxyl groups is 1. The van der Waals surface area contributed by atoms with Crippen molar-refractivity contribution < 1.29 is 5.11 Å². The lowest BCUT2D eigenvalue weighted by Crippen LogP contribution is -2.25. The molecule has 1 unspecified atom stereocenters. The summed E-state index contributed by atoms with van der Waals surface area (Å²) in [5, 5.41) is 16.5. The Bertz CT molecular complexity index is 893. The van der Waals surface area contributed by atoms with Gasteiger partial charge in [-0.2, -0.15) is 0 Å². The van der Waals surface area contributed by atoms with Gasteiger partial charge in [0, 0.05) is 23.3 Å². The summed E-state index contributed by atoms with van der Waals surface area (Å²) in [4.78, 5) is 13.8. The number of rotatable bonds is 7. The highest BCUT2D eigenvalue weighted by atomic mass is 35.5. The number of benzene rings is 1. The average Bonchev–Trinajstić information content (AvgIpc) is 2.99. The summed E-state index contributed by atoms with van der Waals surface area (Å²) >= 11 is 6.08. The number of anilines is 2. The molecule has 0 aliphatic rings. The monoisotopic (exact) mass is 374 g/mol. The zero-order valence-corrected chi connectivity index (χ0v) is 15.8. The van der Waals surface area contributed by atoms with E-state index >= 15 is 0 Å². The lowest BCUT2D eigenvalue weighted by Gasteiger charge is -2.12. The van der Waals surface area contributed by atoms with E-state index in [1.54, 1.807) is 13.3 Å². The van der Waals surface area contributed by atoms with Crippen molar-refractivity contribution in [2.45, 2.75) is 39.5 Å². The van der Waals surface area contributed by atoms with E-state index in [0.717, 1.165) is 11.3 Å². The second kappa shape index (κ2) is 7.99. The van der Waals surface area contributed by atoms with Crippen molar-refractivity contribution >= 4 is 34.3 Å². The molecule has 2 heterocycles. The Morgan fingerprint density at radius 2 is 2.04 bits per heavy atom. The average molecular weight is 375 g/mol. The molecule has 0 spiro atoms. The lowest BCUT2D eigenvalue weighted by atomic mass is 10.3. The van der Waals surface area contributed by atoms with E-state index < -0.39 is 6.10 Å². The highest BCUT2D eigenvalue weighted by Crippen LogP contribution is 2.25. The van der Waals surface area contributed by atoms with E-state index in [1.807, 2.05) is 28.8 Å². The number of nitrogens with one attached hydrogen (secondary N) is 2. The van der Waals surface area contributed by atoms with Gasteiger partial charge in [-0.15, -0.1) is 0 Å². The topological polar surface area (TPSA) is 87.9 Å². The van der Waals surface area contributed by atoms with Gasteiger partial charge in [0.15, 0.2) is 17.0 Å². The van der Waals surface area contributed by atoms with Crippen LogP contribution in [0.25, 0.3) is 11.2 Å². The summed E-state index contributed by atoms with van der Waals surface area (Å²) in [6.45, 7) is 6.82. The maximum absolute atomic E-state index is 9.42. The van der Waals surface area contributed by atoms with Gasteiger partial charge in [-0.05, 0) is 39.0 Å². The van der Waals surface area contributed by atoms with Crippen molar-refractivity contribution in [3.63, 3.8) is 0 Å². The lowest BCUT2D eigenvalue weighted by molar-refractivity contribution is 0.190. The number of fused-ring (bicyclic) bond motifs is 1. The van der Waals surface area contributed by atoms with Crippen LogP contribution >= 0.6 is 11.6 Å². The molecule has 2 aromatic heterocycles. The van der Waals surface area contributed by atoms with Crippen molar-refractivity contribution in [1.82, 2.24) is 24.8 Å². The zero-order valence-electron chi connectivity index (χ0n) is 15.1. The maximum Gasteiger partial charge on any atom is 0.166 e. The standard InChI is InChI=1S/C18H23ClN6O/c1-11(2)25-10-21-16-17(22-14-6-4-5-13(19)7-14)23-15(24-18(16)25)9-20-8-12(3)26/h4-7,10-12,20,26H,8-9H2,1-3H3,(H,22,23,24). The van der Waals surface area contributed by atoms with Gasteiger partial charge in [-0.3, -0.25) is 0 Å². The summed E-state index contributed by atoms with van der Waals surface area (Å²) in [6, 6.07) is 7.68. The highest BCUT2D eigenvalue weighted by Gasteiger charge is 2.15. The van der Waals surface area contributed by atoms with Gasteiger partial charge in [0.1, 0.15) is 5.82 Å². The molecule has 7 nitrogen and oxygen atoms in total. The van der Waals surface area contributed by atoms with Crippen LogP contribution in [0.3, 0.4) is 0 Å². The van der Waals surface area contributed by atoms with Crippen LogP contribution in [0.2, 0.25) is 5.02 Å².